The molecule has 0 unspecified atom stereocenters. The first-order valence-corrected chi connectivity index (χ1v) is 7.84. The summed E-state index contributed by atoms with van der Waals surface area (Å²) in [4.78, 5) is 9.34. The second kappa shape index (κ2) is 6.51. The normalized spacial score (nSPS) is 17.2. The Morgan fingerprint density at radius 3 is 2.43 bits per heavy atom. The molecule has 0 spiro atoms. The van der Waals surface area contributed by atoms with E-state index < -0.39 is 0 Å². The average molecular weight is 303 g/mol. The number of hydrogen-bond donors (Lipinski definition) is 1. The largest absolute Gasteiger partial charge is 0.301 e. The van der Waals surface area contributed by atoms with E-state index in [1.54, 1.807) is 0 Å². The van der Waals surface area contributed by atoms with Gasteiger partial charge in [-0.1, -0.05) is 37.3 Å². The van der Waals surface area contributed by atoms with Gasteiger partial charge in [-0.2, -0.15) is 4.98 Å². The molecule has 1 aromatic carbocycles. The zero-order valence-electron chi connectivity index (χ0n) is 12.3. The predicted molar refractivity (Wildman–Crippen MR) is 86.5 cm³/mol. The fraction of sp³-hybridized carbons (Fsp3) is 0.467. The van der Waals surface area contributed by atoms with Gasteiger partial charge in [0.1, 0.15) is 0 Å². The van der Waals surface area contributed by atoms with Crippen molar-refractivity contribution in [2.24, 2.45) is 0 Å². The van der Waals surface area contributed by atoms with E-state index in [0.29, 0.717) is 4.77 Å². The van der Waals surface area contributed by atoms with Crippen LogP contribution in [0.5, 0.6) is 0 Å². The van der Waals surface area contributed by atoms with Crippen LogP contribution in [0.15, 0.2) is 30.3 Å². The van der Waals surface area contributed by atoms with Crippen LogP contribution in [-0.2, 0) is 6.67 Å². The smallest absolute Gasteiger partial charge is 0.217 e. The molecule has 6 heteroatoms. The molecule has 0 aliphatic carbocycles. The van der Waals surface area contributed by atoms with Crippen LogP contribution in [-0.4, -0.2) is 57.3 Å². The quantitative estimate of drug-likeness (QED) is 0.879. The number of piperazine rings is 1. The van der Waals surface area contributed by atoms with Crippen LogP contribution in [0.4, 0.5) is 0 Å². The molecule has 0 radical (unpaired) electrons. The molecule has 0 saturated carbocycles. The maximum absolute atomic E-state index is 5.37. The Morgan fingerprint density at radius 1 is 1.10 bits per heavy atom. The van der Waals surface area contributed by atoms with Gasteiger partial charge in [0, 0.05) is 31.7 Å². The Balaban J connectivity index is 1.70. The molecule has 1 aromatic heterocycles. The van der Waals surface area contributed by atoms with Gasteiger partial charge in [0.2, 0.25) is 4.77 Å². The van der Waals surface area contributed by atoms with E-state index >= 15 is 0 Å². The number of aromatic nitrogens is 3. The Labute approximate surface area is 130 Å². The second-order valence-electron chi connectivity index (χ2n) is 5.34. The lowest BCUT2D eigenvalue weighted by molar-refractivity contribution is 0.106. The molecule has 1 saturated heterocycles. The minimum Gasteiger partial charge on any atom is -0.301 e. The van der Waals surface area contributed by atoms with E-state index in [2.05, 4.69) is 26.8 Å². The van der Waals surface area contributed by atoms with Gasteiger partial charge >= 0.3 is 0 Å². The third kappa shape index (κ3) is 3.40. The van der Waals surface area contributed by atoms with E-state index in [-0.39, 0.29) is 0 Å². The van der Waals surface area contributed by atoms with E-state index in [1.165, 1.54) is 0 Å². The van der Waals surface area contributed by atoms with Crippen molar-refractivity contribution in [2.45, 2.75) is 13.6 Å². The maximum atomic E-state index is 5.37. The SMILES string of the molecule is CCN1CCN(Cn2[nH]c(-c3ccccc3)nc2=S)CC1. The van der Waals surface area contributed by atoms with Crippen molar-refractivity contribution in [3.63, 3.8) is 0 Å². The van der Waals surface area contributed by atoms with Gasteiger partial charge in [-0.3, -0.25) is 10.00 Å². The summed E-state index contributed by atoms with van der Waals surface area (Å²) >= 11 is 5.37. The summed E-state index contributed by atoms with van der Waals surface area (Å²) in [6, 6.07) is 10.1. The highest BCUT2D eigenvalue weighted by molar-refractivity contribution is 7.71. The number of nitrogens with zero attached hydrogens (tertiary/aromatic N) is 4. The van der Waals surface area contributed by atoms with Gasteiger partial charge in [0.15, 0.2) is 5.82 Å². The van der Waals surface area contributed by atoms with Crippen molar-refractivity contribution in [1.82, 2.24) is 24.6 Å². The Morgan fingerprint density at radius 2 is 1.76 bits per heavy atom. The van der Waals surface area contributed by atoms with Crippen LogP contribution < -0.4 is 0 Å². The summed E-state index contributed by atoms with van der Waals surface area (Å²) in [5.41, 5.74) is 1.07. The number of nitrogens with one attached hydrogen (secondary N) is 1. The minimum absolute atomic E-state index is 0.617. The molecule has 1 N–H and O–H groups in total. The molecule has 112 valence electrons. The summed E-state index contributed by atoms with van der Waals surface area (Å²) in [7, 11) is 0. The number of hydrogen-bond acceptors (Lipinski definition) is 4. The first-order valence-electron chi connectivity index (χ1n) is 7.43. The molecule has 5 nitrogen and oxygen atoms in total. The van der Waals surface area contributed by atoms with Crippen molar-refractivity contribution in [1.29, 1.82) is 0 Å². The molecule has 1 aliphatic heterocycles. The first-order chi connectivity index (χ1) is 10.3. The molecule has 1 fully saturated rings. The molecule has 2 heterocycles. The van der Waals surface area contributed by atoms with Crippen molar-refractivity contribution < 1.29 is 0 Å². The Bertz CT molecular complexity index is 625. The lowest BCUT2D eigenvalue weighted by atomic mass is 10.2. The van der Waals surface area contributed by atoms with Crippen LogP contribution in [0.1, 0.15) is 6.92 Å². The van der Waals surface area contributed by atoms with Crippen LogP contribution in [0.25, 0.3) is 11.4 Å². The monoisotopic (exact) mass is 303 g/mol. The lowest BCUT2D eigenvalue weighted by Gasteiger charge is -2.33. The summed E-state index contributed by atoms with van der Waals surface area (Å²) in [6.45, 7) is 8.55. The van der Waals surface area contributed by atoms with Gasteiger partial charge in [-0.15, -0.1) is 0 Å². The third-order valence-corrected chi connectivity index (χ3v) is 4.29. The van der Waals surface area contributed by atoms with Crippen LogP contribution >= 0.6 is 12.2 Å². The van der Waals surface area contributed by atoms with Gasteiger partial charge in [-0.05, 0) is 18.8 Å². The molecular formula is C15H21N5S. The summed E-state index contributed by atoms with van der Waals surface area (Å²) < 4.78 is 2.57. The maximum Gasteiger partial charge on any atom is 0.217 e. The number of rotatable bonds is 4. The summed E-state index contributed by atoms with van der Waals surface area (Å²) in [5.74, 6) is 0.841. The average Bonchev–Trinajstić information content (AvgIpc) is 2.90. The van der Waals surface area contributed by atoms with Crippen molar-refractivity contribution in [3.05, 3.63) is 35.1 Å². The van der Waals surface area contributed by atoms with Crippen LogP contribution in [0, 0.1) is 4.77 Å². The minimum atomic E-state index is 0.617. The molecule has 0 amide bonds. The summed E-state index contributed by atoms with van der Waals surface area (Å²) in [5, 5.41) is 3.32. The van der Waals surface area contributed by atoms with Crippen molar-refractivity contribution >= 4 is 12.2 Å². The van der Waals surface area contributed by atoms with Crippen molar-refractivity contribution in [2.75, 3.05) is 32.7 Å². The first kappa shape index (κ1) is 14.4. The predicted octanol–water partition coefficient (Wildman–Crippen LogP) is 2.20. The highest BCUT2D eigenvalue weighted by atomic mass is 32.1. The highest BCUT2D eigenvalue weighted by Crippen LogP contribution is 2.14. The Kier molecular flexibility index (Phi) is 4.48. The standard InChI is InChI=1S/C15H21N5S/c1-2-18-8-10-19(11-9-18)12-20-15(21)16-14(17-20)13-6-4-3-5-7-13/h3-7H,2,8-12H2,1H3,(H,16,17,21). The van der Waals surface area contributed by atoms with E-state index in [0.717, 1.165) is 50.8 Å². The molecule has 21 heavy (non-hydrogen) atoms. The van der Waals surface area contributed by atoms with Crippen molar-refractivity contribution in [3.8, 4) is 11.4 Å². The molecular weight excluding hydrogens is 282 g/mol. The topological polar surface area (TPSA) is 40.1 Å². The highest BCUT2D eigenvalue weighted by Gasteiger charge is 2.16. The third-order valence-electron chi connectivity index (χ3n) is 3.98. The second-order valence-corrected chi connectivity index (χ2v) is 5.71. The zero-order valence-corrected chi connectivity index (χ0v) is 13.1. The number of H-pyrrole nitrogens is 1. The summed E-state index contributed by atoms with van der Waals surface area (Å²) in [6.07, 6.45) is 0. The molecule has 1 aliphatic rings. The lowest BCUT2D eigenvalue weighted by Crippen LogP contribution is -2.46. The van der Waals surface area contributed by atoms with Gasteiger partial charge in [0.25, 0.3) is 0 Å². The van der Waals surface area contributed by atoms with Gasteiger partial charge < -0.3 is 4.90 Å². The fourth-order valence-electron chi connectivity index (χ4n) is 2.62. The molecule has 2 aromatic rings. The zero-order chi connectivity index (χ0) is 14.7. The van der Waals surface area contributed by atoms with E-state index in [1.807, 2.05) is 35.0 Å². The van der Waals surface area contributed by atoms with Crippen LogP contribution in [0.2, 0.25) is 0 Å². The Hall–Kier alpha value is -1.50. The number of likely N-dealkylation sites (N-methyl/N-ethyl adjacent to an activating group) is 1. The van der Waals surface area contributed by atoms with E-state index in [9.17, 15) is 0 Å². The van der Waals surface area contributed by atoms with Crippen LogP contribution in [0.3, 0.4) is 0 Å². The molecule has 0 bridgehead atoms. The number of benzene rings is 1. The number of aromatic amines is 1. The van der Waals surface area contributed by atoms with Gasteiger partial charge in [-0.25, -0.2) is 4.68 Å². The van der Waals surface area contributed by atoms with E-state index in [4.69, 9.17) is 12.2 Å². The van der Waals surface area contributed by atoms with Gasteiger partial charge in [0.05, 0.1) is 6.67 Å². The fourth-order valence-corrected chi connectivity index (χ4v) is 2.82. The molecule has 0 atom stereocenters. The molecule has 3 rings (SSSR count).